The number of benzene rings is 1. The summed E-state index contributed by atoms with van der Waals surface area (Å²) in [6.45, 7) is 3.73. The summed E-state index contributed by atoms with van der Waals surface area (Å²) in [6.07, 6.45) is 1.65. The summed E-state index contributed by atoms with van der Waals surface area (Å²) < 4.78 is 10.1. The molecule has 0 bridgehead atoms. The van der Waals surface area contributed by atoms with E-state index in [1.54, 1.807) is 24.4 Å². The Kier molecular flexibility index (Phi) is 3.93. The van der Waals surface area contributed by atoms with Gasteiger partial charge in [0.25, 0.3) is 0 Å². The van der Waals surface area contributed by atoms with Crippen molar-refractivity contribution in [1.82, 2.24) is 4.98 Å². The molecule has 0 saturated carbocycles. The predicted octanol–water partition coefficient (Wildman–Crippen LogP) is 2.52. The molecule has 6 heteroatoms. The van der Waals surface area contributed by atoms with Crippen LogP contribution in [0.5, 0.6) is 0 Å². The zero-order valence-corrected chi connectivity index (χ0v) is 11.6. The molecule has 106 valence electrons. The van der Waals surface area contributed by atoms with E-state index in [0.717, 1.165) is 5.76 Å². The Morgan fingerprint density at radius 1 is 1.50 bits per heavy atom. The highest BCUT2D eigenvalue weighted by Crippen LogP contribution is 2.25. The Labute approximate surface area is 116 Å². The van der Waals surface area contributed by atoms with Gasteiger partial charge < -0.3 is 20.2 Å². The van der Waals surface area contributed by atoms with E-state index in [1.807, 2.05) is 13.8 Å². The average molecular weight is 275 g/mol. The number of esters is 1. The Balaban J connectivity index is 2.22. The fourth-order valence-electron chi connectivity index (χ4n) is 1.79. The zero-order chi connectivity index (χ0) is 14.7. The Bertz CT molecular complexity index is 622. The second kappa shape index (κ2) is 5.64. The summed E-state index contributed by atoms with van der Waals surface area (Å²) in [4.78, 5) is 15.7. The van der Waals surface area contributed by atoms with Crippen LogP contribution >= 0.6 is 0 Å². The molecule has 0 radical (unpaired) electrons. The van der Waals surface area contributed by atoms with E-state index in [-0.39, 0.29) is 6.04 Å². The van der Waals surface area contributed by atoms with Crippen LogP contribution in [0.15, 0.2) is 28.8 Å². The molecule has 0 saturated heterocycles. The lowest BCUT2D eigenvalue weighted by atomic mass is 10.1. The molecule has 1 atom stereocenters. The molecule has 0 aliphatic rings. The molecule has 1 heterocycles. The Morgan fingerprint density at radius 3 is 2.85 bits per heavy atom. The van der Waals surface area contributed by atoms with Gasteiger partial charge in [0, 0.05) is 0 Å². The minimum atomic E-state index is -0.410. The normalized spacial score (nSPS) is 11.9. The van der Waals surface area contributed by atoms with Gasteiger partial charge in [-0.25, -0.2) is 9.78 Å². The third-order valence-corrected chi connectivity index (χ3v) is 2.86. The third-order valence-electron chi connectivity index (χ3n) is 2.86. The number of nitrogens with two attached hydrogens (primary N) is 1. The van der Waals surface area contributed by atoms with Gasteiger partial charge in [0.15, 0.2) is 0 Å². The summed E-state index contributed by atoms with van der Waals surface area (Å²) in [7, 11) is 1.34. The number of hydrogen-bond acceptors (Lipinski definition) is 6. The number of rotatable bonds is 4. The molecule has 0 spiro atoms. The van der Waals surface area contributed by atoms with E-state index < -0.39 is 5.97 Å². The van der Waals surface area contributed by atoms with Crippen molar-refractivity contribution in [3.8, 4) is 0 Å². The number of nitrogens with zero attached hydrogens (tertiary/aromatic N) is 1. The number of carbonyl (C=O) groups excluding carboxylic acids is 1. The number of oxazole rings is 1. The fourth-order valence-corrected chi connectivity index (χ4v) is 1.79. The molecule has 1 aromatic heterocycles. The maximum Gasteiger partial charge on any atom is 0.337 e. The van der Waals surface area contributed by atoms with E-state index >= 15 is 0 Å². The molecular weight excluding hydrogens is 258 g/mol. The fraction of sp³-hybridized carbons (Fsp3) is 0.286. The van der Waals surface area contributed by atoms with Gasteiger partial charge >= 0.3 is 5.97 Å². The number of nitrogen functional groups attached to an aromatic ring is 1. The Hall–Kier alpha value is -2.50. The lowest BCUT2D eigenvalue weighted by Crippen LogP contribution is -2.10. The first-order chi connectivity index (χ1) is 9.51. The maximum absolute atomic E-state index is 11.5. The van der Waals surface area contributed by atoms with Crippen molar-refractivity contribution < 1.29 is 13.9 Å². The monoisotopic (exact) mass is 275 g/mol. The van der Waals surface area contributed by atoms with Crippen LogP contribution in [0.25, 0.3) is 0 Å². The second-order valence-corrected chi connectivity index (χ2v) is 4.47. The van der Waals surface area contributed by atoms with Crippen LogP contribution in [-0.4, -0.2) is 18.1 Å². The lowest BCUT2D eigenvalue weighted by molar-refractivity contribution is 0.0601. The largest absolute Gasteiger partial charge is 0.465 e. The van der Waals surface area contributed by atoms with E-state index in [0.29, 0.717) is 22.8 Å². The number of aryl methyl sites for hydroxylation is 1. The molecule has 1 unspecified atom stereocenters. The van der Waals surface area contributed by atoms with Crippen LogP contribution in [0.3, 0.4) is 0 Å². The van der Waals surface area contributed by atoms with Gasteiger partial charge in [0.2, 0.25) is 5.89 Å². The lowest BCUT2D eigenvalue weighted by Gasteiger charge is -2.14. The van der Waals surface area contributed by atoms with Crippen LogP contribution in [0.4, 0.5) is 11.4 Å². The minimum absolute atomic E-state index is 0.168. The van der Waals surface area contributed by atoms with Crippen LogP contribution in [0, 0.1) is 6.92 Å². The van der Waals surface area contributed by atoms with Gasteiger partial charge in [-0.15, -0.1) is 0 Å². The SMILES string of the molecule is COC(=O)c1ccc(N)c(NC(C)c2ncc(C)o2)c1. The molecule has 3 N–H and O–H groups in total. The van der Waals surface area contributed by atoms with Crippen molar-refractivity contribution in [3.05, 3.63) is 41.6 Å². The molecular formula is C14H17N3O3. The molecule has 0 aliphatic heterocycles. The predicted molar refractivity (Wildman–Crippen MR) is 75.5 cm³/mol. The van der Waals surface area contributed by atoms with Crippen molar-refractivity contribution in [2.45, 2.75) is 19.9 Å². The maximum atomic E-state index is 11.5. The number of ether oxygens (including phenoxy) is 1. The third kappa shape index (κ3) is 2.90. The second-order valence-electron chi connectivity index (χ2n) is 4.47. The van der Waals surface area contributed by atoms with Crippen LogP contribution in [-0.2, 0) is 4.74 Å². The van der Waals surface area contributed by atoms with E-state index in [2.05, 4.69) is 15.0 Å². The van der Waals surface area contributed by atoms with E-state index in [9.17, 15) is 4.79 Å². The van der Waals surface area contributed by atoms with Crippen molar-refractivity contribution in [2.24, 2.45) is 0 Å². The first-order valence-electron chi connectivity index (χ1n) is 6.18. The van der Waals surface area contributed by atoms with E-state index in [1.165, 1.54) is 7.11 Å². The van der Waals surface area contributed by atoms with Gasteiger partial charge in [-0.3, -0.25) is 0 Å². The molecule has 0 amide bonds. The van der Waals surface area contributed by atoms with Gasteiger partial charge in [0.1, 0.15) is 11.8 Å². The van der Waals surface area contributed by atoms with E-state index in [4.69, 9.17) is 10.2 Å². The van der Waals surface area contributed by atoms with Crippen molar-refractivity contribution >= 4 is 17.3 Å². The van der Waals surface area contributed by atoms with Crippen molar-refractivity contribution in [2.75, 3.05) is 18.2 Å². The first kappa shape index (κ1) is 13.9. The molecule has 2 aromatic rings. The molecule has 1 aromatic carbocycles. The van der Waals surface area contributed by atoms with Gasteiger partial charge in [0.05, 0.1) is 30.2 Å². The Morgan fingerprint density at radius 2 is 2.25 bits per heavy atom. The van der Waals surface area contributed by atoms with Crippen molar-refractivity contribution in [3.63, 3.8) is 0 Å². The zero-order valence-electron chi connectivity index (χ0n) is 11.6. The minimum Gasteiger partial charge on any atom is -0.465 e. The van der Waals surface area contributed by atoms with Crippen molar-refractivity contribution in [1.29, 1.82) is 0 Å². The van der Waals surface area contributed by atoms with Gasteiger partial charge in [-0.2, -0.15) is 0 Å². The quantitative estimate of drug-likeness (QED) is 0.658. The number of aromatic nitrogens is 1. The van der Waals surface area contributed by atoms with Crippen LogP contribution in [0.1, 0.15) is 35.0 Å². The highest BCUT2D eigenvalue weighted by Gasteiger charge is 2.14. The summed E-state index contributed by atoms with van der Waals surface area (Å²) >= 11 is 0. The number of hydrogen-bond donors (Lipinski definition) is 2. The molecule has 0 aliphatic carbocycles. The summed E-state index contributed by atoms with van der Waals surface area (Å²) in [5.41, 5.74) is 7.50. The molecule has 0 fully saturated rings. The molecule has 6 nitrogen and oxygen atoms in total. The topological polar surface area (TPSA) is 90.4 Å². The highest BCUT2D eigenvalue weighted by atomic mass is 16.5. The molecule has 20 heavy (non-hydrogen) atoms. The number of anilines is 2. The summed E-state index contributed by atoms with van der Waals surface area (Å²) in [5, 5.41) is 3.17. The molecule has 2 rings (SSSR count). The standard InChI is InChI=1S/C14H17N3O3/c1-8-7-16-13(20-8)9(2)17-12-6-10(14(18)19-3)4-5-11(12)15/h4-7,9,17H,15H2,1-3H3. The van der Waals surface area contributed by atoms with Gasteiger partial charge in [-0.1, -0.05) is 0 Å². The summed E-state index contributed by atoms with van der Waals surface area (Å²) in [5.74, 6) is 0.892. The average Bonchev–Trinajstić information content (AvgIpc) is 2.87. The van der Waals surface area contributed by atoms with Crippen LogP contribution in [0.2, 0.25) is 0 Å². The number of nitrogens with one attached hydrogen (secondary N) is 1. The summed E-state index contributed by atoms with van der Waals surface area (Å²) in [6, 6.07) is 4.75. The van der Waals surface area contributed by atoms with Crippen LogP contribution < -0.4 is 11.1 Å². The van der Waals surface area contributed by atoms with Gasteiger partial charge in [-0.05, 0) is 32.0 Å². The highest BCUT2D eigenvalue weighted by molar-refractivity contribution is 5.91. The smallest absolute Gasteiger partial charge is 0.337 e. The number of carbonyl (C=O) groups is 1. The number of methoxy groups -OCH3 is 1. The first-order valence-corrected chi connectivity index (χ1v) is 6.18.